The summed E-state index contributed by atoms with van der Waals surface area (Å²) in [5, 5.41) is 21.7. The number of carbonyl (C=O) groups excluding carboxylic acids is 4. The number of esters is 2. The van der Waals surface area contributed by atoms with Crippen molar-refractivity contribution in [2.24, 2.45) is 0 Å². The molecule has 3 rings (SSSR count). The highest BCUT2D eigenvalue weighted by Gasteiger charge is 2.28. The van der Waals surface area contributed by atoms with E-state index >= 15 is 0 Å². The van der Waals surface area contributed by atoms with E-state index in [-0.39, 0.29) is 26.2 Å². The van der Waals surface area contributed by atoms with Gasteiger partial charge in [-0.25, -0.2) is 5.01 Å². The Bertz CT molecular complexity index is 1430. The first-order valence-corrected chi connectivity index (χ1v) is 15.3. The van der Waals surface area contributed by atoms with Crippen molar-refractivity contribution in [1.82, 2.24) is 31.4 Å². The summed E-state index contributed by atoms with van der Waals surface area (Å²) in [5.41, 5.74) is 6.32. The molecule has 2 aromatic carbocycles. The number of nitrogens with one attached hydrogen (secondary N) is 4. The van der Waals surface area contributed by atoms with Crippen molar-refractivity contribution in [2.75, 3.05) is 33.9 Å². The monoisotopic (exact) mass is 648 g/mol. The SMILES string of the molecule is COC(=O)CN[C@@H](C)C(=O)N[C@@H](Cc1ccccc1)[C@@H](O)CN(Cc1ccc(-c2ccccn2)cc1)NC(=O)[C@@H](C)NCC(=O)OC. The maximum absolute atomic E-state index is 13.2. The first-order chi connectivity index (χ1) is 22.6. The minimum atomic E-state index is -1.14. The van der Waals surface area contributed by atoms with Gasteiger partial charge < -0.3 is 19.9 Å². The van der Waals surface area contributed by atoms with Crippen molar-refractivity contribution in [3.63, 3.8) is 0 Å². The van der Waals surface area contributed by atoms with Crippen LogP contribution in [0.15, 0.2) is 79.0 Å². The molecule has 0 aliphatic heterocycles. The number of pyridine rings is 1. The third-order valence-corrected chi connectivity index (χ3v) is 7.40. The molecular weight excluding hydrogens is 604 g/mol. The second kappa shape index (κ2) is 19.1. The molecule has 1 heterocycles. The van der Waals surface area contributed by atoms with Gasteiger partial charge in [-0.05, 0) is 43.5 Å². The molecule has 0 spiro atoms. The summed E-state index contributed by atoms with van der Waals surface area (Å²) in [4.78, 5) is 53.9. The molecule has 0 bridgehead atoms. The largest absolute Gasteiger partial charge is 0.468 e. The van der Waals surface area contributed by atoms with Gasteiger partial charge in [0, 0.05) is 24.8 Å². The van der Waals surface area contributed by atoms with Crippen LogP contribution in [-0.2, 0) is 41.6 Å². The maximum Gasteiger partial charge on any atom is 0.319 e. The number of benzene rings is 2. The molecule has 0 fully saturated rings. The van der Waals surface area contributed by atoms with E-state index in [1.807, 2.05) is 72.8 Å². The van der Waals surface area contributed by atoms with Crippen LogP contribution in [0.5, 0.6) is 0 Å². The average Bonchev–Trinajstić information content (AvgIpc) is 3.09. The van der Waals surface area contributed by atoms with Crippen LogP contribution < -0.4 is 21.4 Å². The van der Waals surface area contributed by atoms with Crippen LogP contribution in [0.4, 0.5) is 0 Å². The highest BCUT2D eigenvalue weighted by atomic mass is 16.5. The third kappa shape index (κ3) is 12.6. The molecule has 0 aliphatic rings. The molecule has 0 saturated heterocycles. The molecule has 252 valence electrons. The van der Waals surface area contributed by atoms with E-state index in [4.69, 9.17) is 0 Å². The standard InChI is InChI=1S/C34H44N6O7/c1-23(36-19-31(42)46-3)33(44)38-29(18-25-10-6-5-7-11-25)30(41)22-40(39-34(45)24(2)37-20-32(43)47-4)21-26-13-15-27(16-14-26)28-12-8-9-17-35-28/h5-17,23-24,29-30,36-37,41H,18-22H2,1-4H3,(H,38,44)(H,39,45)/t23-,24+,29-,30-/m0/s1. The number of nitrogens with zero attached hydrogens (tertiary/aromatic N) is 2. The van der Waals surface area contributed by atoms with E-state index in [2.05, 4.69) is 35.8 Å². The molecule has 0 aliphatic carbocycles. The van der Waals surface area contributed by atoms with Crippen LogP contribution in [0.25, 0.3) is 11.3 Å². The van der Waals surface area contributed by atoms with Crippen molar-refractivity contribution in [2.45, 2.75) is 51.0 Å². The van der Waals surface area contributed by atoms with E-state index in [0.717, 1.165) is 22.4 Å². The summed E-state index contributed by atoms with van der Waals surface area (Å²) in [6.07, 6.45) is 0.880. The molecule has 47 heavy (non-hydrogen) atoms. The lowest BCUT2D eigenvalue weighted by Gasteiger charge is -2.32. The molecule has 13 nitrogen and oxygen atoms in total. The lowest BCUT2D eigenvalue weighted by molar-refractivity contribution is -0.141. The van der Waals surface area contributed by atoms with Crippen molar-refractivity contribution in [1.29, 1.82) is 0 Å². The fraction of sp³-hybridized carbons (Fsp3) is 0.382. The van der Waals surface area contributed by atoms with Crippen LogP contribution in [0.2, 0.25) is 0 Å². The van der Waals surface area contributed by atoms with E-state index in [1.165, 1.54) is 14.2 Å². The highest BCUT2D eigenvalue weighted by molar-refractivity contribution is 5.83. The van der Waals surface area contributed by atoms with Gasteiger partial charge in [0.2, 0.25) is 5.91 Å². The number of aliphatic hydroxyl groups is 1. The van der Waals surface area contributed by atoms with Gasteiger partial charge in [0.15, 0.2) is 0 Å². The van der Waals surface area contributed by atoms with Crippen LogP contribution in [-0.4, -0.2) is 96.9 Å². The normalized spacial score (nSPS) is 13.6. The third-order valence-electron chi connectivity index (χ3n) is 7.40. The van der Waals surface area contributed by atoms with Gasteiger partial charge in [-0.15, -0.1) is 0 Å². The van der Waals surface area contributed by atoms with Crippen LogP contribution >= 0.6 is 0 Å². The summed E-state index contributed by atoms with van der Waals surface area (Å²) in [6, 6.07) is 20.4. The highest BCUT2D eigenvalue weighted by Crippen LogP contribution is 2.18. The zero-order valence-electron chi connectivity index (χ0n) is 27.1. The van der Waals surface area contributed by atoms with Crippen LogP contribution in [0.1, 0.15) is 25.0 Å². The smallest absolute Gasteiger partial charge is 0.319 e. The Kier molecular flexibility index (Phi) is 14.9. The quantitative estimate of drug-likeness (QED) is 0.0984. The molecule has 2 amide bonds. The first kappa shape index (κ1) is 36.8. The Morgan fingerprint density at radius 2 is 1.38 bits per heavy atom. The Hall–Kier alpha value is -4.69. The minimum Gasteiger partial charge on any atom is -0.468 e. The molecule has 0 unspecified atom stereocenters. The lowest BCUT2D eigenvalue weighted by Crippen LogP contribution is -2.57. The maximum atomic E-state index is 13.2. The van der Waals surface area contributed by atoms with Crippen LogP contribution in [0.3, 0.4) is 0 Å². The molecule has 4 atom stereocenters. The second-order valence-corrected chi connectivity index (χ2v) is 11.0. The Balaban J connectivity index is 1.80. The van der Waals surface area contributed by atoms with Gasteiger partial charge in [-0.3, -0.25) is 40.2 Å². The number of methoxy groups -OCH3 is 2. The number of aromatic nitrogens is 1. The molecule has 5 N–H and O–H groups in total. The number of amides is 2. The Labute approximate surface area is 275 Å². The summed E-state index contributed by atoms with van der Waals surface area (Å²) in [7, 11) is 2.52. The molecule has 0 saturated carbocycles. The number of carbonyl (C=O) groups is 4. The number of hydrogen-bond acceptors (Lipinski definition) is 11. The summed E-state index contributed by atoms with van der Waals surface area (Å²) in [6.45, 7) is 3.06. The number of rotatable bonds is 18. The fourth-order valence-electron chi connectivity index (χ4n) is 4.55. The predicted octanol–water partition coefficient (Wildman–Crippen LogP) is 0.972. The summed E-state index contributed by atoms with van der Waals surface area (Å²) in [5.74, 6) is -1.88. The zero-order valence-corrected chi connectivity index (χ0v) is 27.1. The zero-order chi connectivity index (χ0) is 34.2. The van der Waals surface area contributed by atoms with E-state index < -0.39 is 48.0 Å². The summed E-state index contributed by atoms with van der Waals surface area (Å²) >= 11 is 0. The Morgan fingerprint density at radius 3 is 1.96 bits per heavy atom. The molecule has 13 heteroatoms. The van der Waals surface area contributed by atoms with Crippen molar-refractivity contribution in [3.8, 4) is 11.3 Å². The topological polar surface area (TPSA) is 171 Å². The molecular formula is C34H44N6O7. The molecule has 1 aromatic heterocycles. The number of aliphatic hydroxyl groups excluding tert-OH is 1. The number of ether oxygens (including phenoxy) is 2. The van der Waals surface area contributed by atoms with Gasteiger partial charge in [-0.2, -0.15) is 0 Å². The number of hydrogen-bond donors (Lipinski definition) is 5. The van der Waals surface area contributed by atoms with Crippen LogP contribution in [0, 0.1) is 0 Å². The number of hydrazine groups is 1. The van der Waals surface area contributed by atoms with E-state index in [0.29, 0.717) is 6.42 Å². The van der Waals surface area contributed by atoms with E-state index in [9.17, 15) is 24.3 Å². The molecule has 3 aromatic rings. The fourth-order valence-corrected chi connectivity index (χ4v) is 4.55. The first-order valence-electron chi connectivity index (χ1n) is 15.3. The van der Waals surface area contributed by atoms with Gasteiger partial charge in [0.05, 0.1) is 57.2 Å². The average molecular weight is 649 g/mol. The van der Waals surface area contributed by atoms with Crippen molar-refractivity contribution >= 4 is 23.8 Å². The molecule has 0 radical (unpaired) electrons. The van der Waals surface area contributed by atoms with Crippen molar-refractivity contribution < 1.29 is 33.8 Å². The lowest BCUT2D eigenvalue weighted by atomic mass is 10.00. The van der Waals surface area contributed by atoms with Crippen molar-refractivity contribution in [3.05, 3.63) is 90.1 Å². The predicted molar refractivity (Wildman–Crippen MR) is 175 cm³/mol. The van der Waals surface area contributed by atoms with Gasteiger partial charge in [0.25, 0.3) is 5.91 Å². The van der Waals surface area contributed by atoms with Gasteiger partial charge in [0.1, 0.15) is 0 Å². The minimum absolute atomic E-state index is 0.0563. The van der Waals surface area contributed by atoms with Gasteiger partial charge >= 0.3 is 11.9 Å². The Morgan fingerprint density at radius 1 is 0.787 bits per heavy atom. The van der Waals surface area contributed by atoms with E-state index in [1.54, 1.807) is 25.1 Å². The second-order valence-electron chi connectivity index (χ2n) is 11.0. The summed E-state index contributed by atoms with van der Waals surface area (Å²) < 4.78 is 9.29. The van der Waals surface area contributed by atoms with Gasteiger partial charge in [-0.1, -0.05) is 60.7 Å².